The SMILES string of the molecule is CC(C)c1nc2cc(NC(=O)CN3CCCCCCC3=O)ccc2o1. The zero-order valence-corrected chi connectivity index (χ0v) is 14.9. The summed E-state index contributed by atoms with van der Waals surface area (Å²) in [5.74, 6) is 0.789. The summed E-state index contributed by atoms with van der Waals surface area (Å²) in [6.45, 7) is 4.81. The molecule has 1 aliphatic heterocycles. The van der Waals surface area contributed by atoms with Crippen molar-refractivity contribution in [1.82, 2.24) is 9.88 Å². The van der Waals surface area contributed by atoms with E-state index in [1.165, 1.54) is 0 Å². The van der Waals surface area contributed by atoms with Crippen molar-refractivity contribution in [3.05, 3.63) is 24.1 Å². The van der Waals surface area contributed by atoms with E-state index in [1.54, 1.807) is 17.0 Å². The first-order chi connectivity index (χ1) is 12.0. The average Bonchev–Trinajstić information content (AvgIpc) is 2.98. The van der Waals surface area contributed by atoms with Crippen LogP contribution in [0.15, 0.2) is 22.6 Å². The monoisotopic (exact) mass is 343 g/mol. The van der Waals surface area contributed by atoms with Crippen LogP contribution in [0, 0.1) is 0 Å². The molecule has 1 aliphatic rings. The predicted molar refractivity (Wildman–Crippen MR) is 96.4 cm³/mol. The number of likely N-dealkylation sites (tertiary alicyclic amines) is 1. The average molecular weight is 343 g/mol. The minimum Gasteiger partial charge on any atom is -0.440 e. The Kier molecular flexibility index (Phi) is 5.36. The summed E-state index contributed by atoms with van der Waals surface area (Å²) < 4.78 is 5.67. The van der Waals surface area contributed by atoms with Gasteiger partial charge in [0.2, 0.25) is 11.8 Å². The molecule has 0 spiro atoms. The summed E-state index contributed by atoms with van der Waals surface area (Å²) in [5, 5.41) is 2.86. The number of nitrogens with one attached hydrogen (secondary N) is 1. The molecule has 2 amide bonds. The second kappa shape index (κ2) is 7.68. The maximum absolute atomic E-state index is 12.3. The van der Waals surface area contributed by atoms with Crippen molar-refractivity contribution < 1.29 is 14.0 Å². The number of carbonyl (C=O) groups excluding carboxylic acids is 2. The highest BCUT2D eigenvalue weighted by Gasteiger charge is 2.18. The Hall–Kier alpha value is -2.37. The van der Waals surface area contributed by atoms with Crippen LogP contribution in [0.5, 0.6) is 0 Å². The predicted octanol–water partition coefficient (Wildman–Crippen LogP) is 3.68. The lowest BCUT2D eigenvalue weighted by Crippen LogP contribution is -2.39. The molecule has 3 rings (SSSR count). The van der Waals surface area contributed by atoms with E-state index in [2.05, 4.69) is 10.3 Å². The molecule has 134 valence electrons. The van der Waals surface area contributed by atoms with Crippen LogP contribution in [0.3, 0.4) is 0 Å². The van der Waals surface area contributed by atoms with Crippen LogP contribution in [0.4, 0.5) is 5.69 Å². The Morgan fingerprint density at radius 1 is 1.28 bits per heavy atom. The lowest BCUT2D eigenvalue weighted by Gasteiger charge is -2.24. The standard InChI is InChI=1S/C19H25N3O3/c1-13(2)19-21-15-11-14(8-9-16(15)25-19)20-17(23)12-22-10-6-4-3-5-7-18(22)24/h8-9,11,13H,3-7,10,12H2,1-2H3,(H,20,23). The number of fused-ring (bicyclic) bond motifs is 1. The van der Waals surface area contributed by atoms with Crippen molar-refractivity contribution in [3.8, 4) is 0 Å². The van der Waals surface area contributed by atoms with E-state index in [-0.39, 0.29) is 24.3 Å². The molecule has 0 atom stereocenters. The molecule has 0 aliphatic carbocycles. The van der Waals surface area contributed by atoms with Crippen LogP contribution in [-0.2, 0) is 9.59 Å². The molecule has 2 aromatic rings. The number of carbonyl (C=O) groups is 2. The van der Waals surface area contributed by atoms with E-state index < -0.39 is 0 Å². The van der Waals surface area contributed by atoms with Crippen molar-refractivity contribution in [3.63, 3.8) is 0 Å². The van der Waals surface area contributed by atoms with Gasteiger partial charge in [0, 0.05) is 24.6 Å². The zero-order valence-electron chi connectivity index (χ0n) is 14.9. The molecule has 0 unspecified atom stereocenters. The first-order valence-corrected chi connectivity index (χ1v) is 9.01. The van der Waals surface area contributed by atoms with Gasteiger partial charge in [0.05, 0.1) is 6.54 Å². The summed E-state index contributed by atoms with van der Waals surface area (Å²) in [6, 6.07) is 5.41. The molecule has 1 saturated heterocycles. The van der Waals surface area contributed by atoms with Crippen molar-refractivity contribution in [2.75, 3.05) is 18.4 Å². The Morgan fingerprint density at radius 2 is 2.08 bits per heavy atom. The third-order valence-electron chi connectivity index (χ3n) is 4.44. The molecular formula is C19H25N3O3. The van der Waals surface area contributed by atoms with Gasteiger partial charge in [-0.15, -0.1) is 0 Å². The molecule has 2 heterocycles. The minimum absolute atomic E-state index is 0.0726. The molecule has 0 bridgehead atoms. The van der Waals surface area contributed by atoms with E-state index in [0.29, 0.717) is 30.1 Å². The fourth-order valence-corrected chi connectivity index (χ4v) is 3.03. The molecule has 0 saturated carbocycles. The molecule has 1 aromatic heterocycles. The maximum Gasteiger partial charge on any atom is 0.243 e. The molecule has 1 aromatic carbocycles. The first-order valence-electron chi connectivity index (χ1n) is 9.01. The number of aromatic nitrogens is 1. The summed E-state index contributed by atoms with van der Waals surface area (Å²) in [4.78, 5) is 30.6. The van der Waals surface area contributed by atoms with Gasteiger partial charge in [-0.3, -0.25) is 9.59 Å². The molecule has 25 heavy (non-hydrogen) atoms. The fourth-order valence-electron chi connectivity index (χ4n) is 3.03. The molecule has 6 heteroatoms. The zero-order chi connectivity index (χ0) is 17.8. The third-order valence-corrected chi connectivity index (χ3v) is 4.44. The molecule has 6 nitrogen and oxygen atoms in total. The Balaban J connectivity index is 1.65. The van der Waals surface area contributed by atoms with Crippen molar-refractivity contribution in [2.45, 2.75) is 51.9 Å². The normalized spacial score (nSPS) is 16.1. The number of hydrogen-bond donors (Lipinski definition) is 1. The summed E-state index contributed by atoms with van der Waals surface area (Å²) in [6.07, 6.45) is 4.63. The summed E-state index contributed by atoms with van der Waals surface area (Å²) in [5.41, 5.74) is 2.10. The molecular weight excluding hydrogens is 318 g/mol. The number of nitrogens with zero attached hydrogens (tertiary/aromatic N) is 2. The van der Waals surface area contributed by atoms with E-state index >= 15 is 0 Å². The summed E-state index contributed by atoms with van der Waals surface area (Å²) in [7, 11) is 0. The summed E-state index contributed by atoms with van der Waals surface area (Å²) >= 11 is 0. The number of hydrogen-bond acceptors (Lipinski definition) is 4. The van der Waals surface area contributed by atoms with Gasteiger partial charge in [-0.05, 0) is 31.0 Å². The quantitative estimate of drug-likeness (QED) is 0.919. The van der Waals surface area contributed by atoms with Gasteiger partial charge in [0.1, 0.15) is 5.52 Å². The molecule has 1 N–H and O–H groups in total. The van der Waals surface area contributed by atoms with Crippen LogP contribution < -0.4 is 5.32 Å². The van der Waals surface area contributed by atoms with Gasteiger partial charge in [0.15, 0.2) is 11.5 Å². The lowest BCUT2D eigenvalue weighted by molar-refractivity contribution is -0.135. The first kappa shape index (κ1) is 17.5. The van der Waals surface area contributed by atoms with Crippen molar-refractivity contribution >= 4 is 28.6 Å². The highest BCUT2D eigenvalue weighted by molar-refractivity contribution is 5.95. The van der Waals surface area contributed by atoms with E-state index in [0.717, 1.165) is 31.2 Å². The number of oxazole rings is 1. The van der Waals surface area contributed by atoms with Gasteiger partial charge < -0.3 is 14.6 Å². The number of anilines is 1. The van der Waals surface area contributed by atoms with Gasteiger partial charge >= 0.3 is 0 Å². The smallest absolute Gasteiger partial charge is 0.243 e. The van der Waals surface area contributed by atoms with E-state index in [9.17, 15) is 9.59 Å². The maximum atomic E-state index is 12.3. The second-order valence-electron chi connectivity index (χ2n) is 6.92. The van der Waals surface area contributed by atoms with Crippen LogP contribution in [0.25, 0.3) is 11.1 Å². The fraction of sp³-hybridized carbons (Fsp3) is 0.526. The second-order valence-corrected chi connectivity index (χ2v) is 6.92. The minimum atomic E-state index is -0.180. The van der Waals surface area contributed by atoms with Crippen LogP contribution in [-0.4, -0.2) is 34.8 Å². The molecule has 1 fully saturated rings. The number of amides is 2. The topological polar surface area (TPSA) is 75.4 Å². The largest absolute Gasteiger partial charge is 0.440 e. The number of rotatable bonds is 4. The van der Waals surface area contributed by atoms with Crippen LogP contribution in [0.2, 0.25) is 0 Å². The van der Waals surface area contributed by atoms with Crippen molar-refractivity contribution in [1.29, 1.82) is 0 Å². The Bertz CT molecular complexity index is 766. The van der Waals surface area contributed by atoms with E-state index in [1.807, 2.05) is 19.9 Å². The highest BCUT2D eigenvalue weighted by Crippen LogP contribution is 2.23. The lowest BCUT2D eigenvalue weighted by atomic mass is 10.1. The highest BCUT2D eigenvalue weighted by atomic mass is 16.3. The van der Waals surface area contributed by atoms with Gasteiger partial charge in [0.25, 0.3) is 0 Å². The van der Waals surface area contributed by atoms with Gasteiger partial charge in [-0.25, -0.2) is 4.98 Å². The van der Waals surface area contributed by atoms with Crippen LogP contribution in [0.1, 0.15) is 57.8 Å². The van der Waals surface area contributed by atoms with Crippen molar-refractivity contribution in [2.24, 2.45) is 0 Å². The van der Waals surface area contributed by atoms with Gasteiger partial charge in [-0.1, -0.05) is 26.7 Å². The van der Waals surface area contributed by atoms with Crippen LogP contribution >= 0.6 is 0 Å². The third kappa shape index (κ3) is 4.38. The Labute approximate surface area is 147 Å². The molecule has 0 radical (unpaired) electrons. The Morgan fingerprint density at radius 3 is 2.88 bits per heavy atom. The van der Waals surface area contributed by atoms with E-state index in [4.69, 9.17) is 4.42 Å². The van der Waals surface area contributed by atoms with Gasteiger partial charge in [-0.2, -0.15) is 0 Å². The number of benzene rings is 1.